The van der Waals surface area contributed by atoms with Gasteiger partial charge < -0.3 is 4.74 Å². The summed E-state index contributed by atoms with van der Waals surface area (Å²) in [5, 5.41) is 3.09. The van der Waals surface area contributed by atoms with Crippen LogP contribution >= 0.6 is 28.3 Å². The maximum atomic E-state index is 13.6. The molecule has 0 heterocycles. The van der Waals surface area contributed by atoms with Gasteiger partial charge in [0.25, 0.3) is 0 Å². The highest BCUT2D eigenvalue weighted by Gasteiger charge is 2.23. The molecule has 0 saturated carbocycles. The van der Waals surface area contributed by atoms with Crippen LogP contribution in [0.5, 0.6) is 0 Å². The van der Waals surface area contributed by atoms with Gasteiger partial charge in [-0.25, -0.2) is 0 Å². The molecule has 0 fully saturated rings. The third kappa shape index (κ3) is 12.2. The van der Waals surface area contributed by atoms with Gasteiger partial charge in [0.15, 0.2) is 0 Å². The van der Waals surface area contributed by atoms with Gasteiger partial charge in [-0.05, 0) is 43.2 Å². The van der Waals surface area contributed by atoms with Crippen molar-refractivity contribution in [1.82, 2.24) is 5.32 Å². The minimum Gasteiger partial charge on any atom is -0.465 e. The predicted molar refractivity (Wildman–Crippen MR) is 141 cm³/mol. The van der Waals surface area contributed by atoms with Gasteiger partial charge in [0, 0.05) is 11.5 Å². The first-order chi connectivity index (χ1) is 15.6. The van der Waals surface area contributed by atoms with Crippen molar-refractivity contribution in [2.45, 2.75) is 45.4 Å². The van der Waals surface area contributed by atoms with E-state index in [9.17, 15) is 9.36 Å². The van der Waals surface area contributed by atoms with E-state index >= 15 is 0 Å². The van der Waals surface area contributed by atoms with Gasteiger partial charge in [-0.3, -0.25) is 14.7 Å². The molecule has 0 atom stereocenters. The number of hydrogen-bond donors (Lipinski definition) is 1. The molecule has 176 valence electrons. The van der Waals surface area contributed by atoms with Crippen LogP contribution in [0.15, 0.2) is 60.7 Å². The van der Waals surface area contributed by atoms with Crippen LogP contribution in [-0.2, 0) is 26.9 Å². The predicted octanol–water partition coefficient (Wildman–Crippen LogP) is 6.80. The monoisotopic (exact) mass is 493 g/mol. The van der Waals surface area contributed by atoms with Crippen molar-refractivity contribution in [3.63, 3.8) is 0 Å². The van der Waals surface area contributed by atoms with Crippen molar-refractivity contribution in [1.29, 1.82) is 0 Å². The Balaban J connectivity index is 1.77. The minimum atomic E-state index is -2.54. The van der Waals surface area contributed by atoms with Crippen LogP contribution in [0.1, 0.15) is 43.7 Å². The highest BCUT2D eigenvalue weighted by Crippen LogP contribution is 2.68. The Hall–Kier alpha value is -1.20. The minimum absolute atomic E-state index is 0.114. The maximum absolute atomic E-state index is 13.6. The Kier molecular flexibility index (Phi) is 13.9. The number of aryl methyl sites for hydroxylation is 2. The van der Waals surface area contributed by atoms with Crippen molar-refractivity contribution in [2.24, 2.45) is 0 Å². The Labute approximate surface area is 201 Å². The lowest BCUT2D eigenvalue weighted by Crippen LogP contribution is -2.25. The normalized spacial score (nSPS) is 11.4. The van der Waals surface area contributed by atoms with Crippen molar-refractivity contribution < 1.29 is 14.1 Å². The molecule has 0 aliphatic rings. The van der Waals surface area contributed by atoms with Crippen LogP contribution < -0.4 is 5.32 Å². The molecule has 0 aromatic heterocycles. The van der Waals surface area contributed by atoms with Gasteiger partial charge in [-0.15, -0.1) is 0 Å². The lowest BCUT2D eigenvalue weighted by Gasteiger charge is -2.18. The summed E-state index contributed by atoms with van der Waals surface area (Å²) in [6, 6.07) is 20.8. The summed E-state index contributed by atoms with van der Waals surface area (Å²) < 4.78 is 18.8. The van der Waals surface area contributed by atoms with E-state index < -0.39 is 5.55 Å². The van der Waals surface area contributed by atoms with Crippen molar-refractivity contribution >= 4 is 34.3 Å². The number of carbonyl (C=O) groups excluding carboxylic acids is 1. The molecule has 2 aromatic carbocycles. The van der Waals surface area contributed by atoms with Gasteiger partial charge in [0.2, 0.25) is 5.55 Å². The van der Waals surface area contributed by atoms with E-state index in [1.807, 2.05) is 12.1 Å². The summed E-state index contributed by atoms with van der Waals surface area (Å²) in [4.78, 5) is 11.9. The lowest BCUT2D eigenvalue weighted by molar-refractivity contribution is -0.142. The van der Waals surface area contributed by atoms with E-state index in [1.54, 1.807) is 22.8 Å². The van der Waals surface area contributed by atoms with Crippen LogP contribution in [-0.4, -0.2) is 36.9 Å². The molecule has 0 aliphatic heterocycles. The van der Waals surface area contributed by atoms with Crippen LogP contribution in [0, 0.1) is 0 Å². The number of ether oxygens (including phenoxy) is 1. The van der Waals surface area contributed by atoms with E-state index in [4.69, 9.17) is 4.74 Å². The molecule has 0 aliphatic carbocycles. The fourth-order valence-corrected chi connectivity index (χ4v) is 10.6. The molecule has 0 radical (unpaired) electrons. The summed E-state index contributed by atoms with van der Waals surface area (Å²) >= 11 is 3.13. The molecule has 2 aromatic rings. The largest absolute Gasteiger partial charge is 0.465 e. The maximum Gasteiger partial charge on any atom is 0.319 e. The summed E-state index contributed by atoms with van der Waals surface area (Å²) in [5.41, 5.74) is 0.0877. The standard InChI is InChI=1S/C25H36NO3PS2/c1-2-3-18-29-25(27)21-26-22-30(28,31-19-10-16-23-12-6-4-7-13-23)32-20-11-17-24-14-8-5-9-15-24/h4-9,12-15,26H,2-3,10-11,16-22H2,1H3. The molecule has 0 amide bonds. The van der Waals surface area contributed by atoms with Crippen molar-refractivity contribution in [3.05, 3.63) is 71.8 Å². The molecule has 7 heteroatoms. The first-order valence-electron chi connectivity index (χ1n) is 11.4. The zero-order valence-corrected chi connectivity index (χ0v) is 21.6. The van der Waals surface area contributed by atoms with Crippen molar-refractivity contribution in [3.8, 4) is 0 Å². The van der Waals surface area contributed by atoms with Gasteiger partial charge in [0.05, 0.1) is 19.4 Å². The molecule has 2 rings (SSSR count). The molecule has 0 bridgehead atoms. The first-order valence-corrected chi connectivity index (χ1v) is 16.5. The van der Waals surface area contributed by atoms with Crippen LogP contribution in [0.25, 0.3) is 0 Å². The van der Waals surface area contributed by atoms with Gasteiger partial charge >= 0.3 is 5.97 Å². The molecule has 4 nitrogen and oxygen atoms in total. The van der Waals surface area contributed by atoms with E-state index in [2.05, 4.69) is 60.8 Å². The number of unbranched alkanes of at least 4 members (excludes halogenated alkanes) is 1. The zero-order chi connectivity index (χ0) is 22.9. The Morgan fingerprint density at radius 2 is 1.41 bits per heavy atom. The van der Waals surface area contributed by atoms with Crippen LogP contribution in [0.2, 0.25) is 0 Å². The lowest BCUT2D eigenvalue weighted by atomic mass is 10.1. The third-order valence-electron chi connectivity index (χ3n) is 4.82. The number of esters is 1. The van der Waals surface area contributed by atoms with E-state index in [0.29, 0.717) is 12.9 Å². The smallest absolute Gasteiger partial charge is 0.319 e. The Bertz CT molecular complexity index is 754. The molecule has 0 saturated heterocycles. The Morgan fingerprint density at radius 3 is 1.91 bits per heavy atom. The summed E-state index contributed by atoms with van der Waals surface area (Å²) in [5.74, 6) is 1.43. The van der Waals surface area contributed by atoms with Gasteiger partial charge in [0.1, 0.15) is 0 Å². The highest BCUT2D eigenvalue weighted by molar-refractivity contribution is 8.90. The Morgan fingerprint density at radius 1 is 0.875 bits per heavy atom. The second-order valence-corrected chi connectivity index (χ2v) is 16.3. The van der Waals surface area contributed by atoms with E-state index in [0.717, 1.165) is 50.0 Å². The topological polar surface area (TPSA) is 55.4 Å². The quantitative estimate of drug-likeness (QED) is 0.149. The number of hydrogen-bond acceptors (Lipinski definition) is 6. The highest BCUT2D eigenvalue weighted by atomic mass is 33.1. The van der Waals surface area contributed by atoms with E-state index in [-0.39, 0.29) is 12.5 Å². The average molecular weight is 494 g/mol. The fraction of sp³-hybridized carbons (Fsp3) is 0.480. The van der Waals surface area contributed by atoms with Crippen molar-refractivity contribution in [2.75, 3.05) is 30.9 Å². The second kappa shape index (κ2) is 16.4. The molecular weight excluding hydrogens is 457 g/mol. The summed E-state index contributed by atoms with van der Waals surface area (Å²) in [6.07, 6.45) is 6.17. The number of carbonyl (C=O) groups is 1. The van der Waals surface area contributed by atoms with Crippen LogP contribution in [0.4, 0.5) is 0 Å². The van der Waals surface area contributed by atoms with Gasteiger partial charge in [-0.2, -0.15) is 0 Å². The van der Waals surface area contributed by atoms with Gasteiger partial charge in [-0.1, -0.05) is 96.8 Å². The number of rotatable bonds is 17. The SMILES string of the molecule is CCCCOC(=O)CNCP(=O)(SCCCc1ccccc1)SCCCc1ccccc1. The third-order valence-corrected chi connectivity index (χ3v) is 13.3. The first kappa shape index (κ1) is 27.0. The van der Waals surface area contributed by atoms with Crippen LogP contribution in [0.3, 0.4) is 0 Å². The summed E-state index contributed by atoms with van der Waals surface area (Å²) in [6.45, 7) is 2.63. The van der Waals surface area contributed by atoms with E-state index in [1.165, 1.54) is 11.1 Å². The number of nitrogens with one attached hydrogen (secondary N) is 1. The molecule has 1 N–H and O–H groups in total. The molecule has 0 spiro atoms. The fourth-order valence-electron chi connectivity index (χ4n) is 3.05. The molecular formula is C25H36NO3PS2. The molecule has 32 heavy (non-hydrogen) atoms. The average Bonchev–Trinajstić information content (AvgIpc) is 2.81. The number of benzene rings is 2. The second-order valence-electron chi connectivity index (χ2n) is 7.61. The molecule has 0 unspecified atom stereocenters. The summed E-state index contributed by atoms with van der Waals surface area (Å²) in [7, 11) is 0. The zero-order valence-electron chi connectivity index (χ0n) is 19.0.